The second-order valence-electron chi connectivity index (χ2n) is 1.85. The molecule has 1 heteroatoms. The Morgan fingerprint density at radius 1 is 1.57 bits per heavy atom. The fourth-order valence-electron chi connectivity index (χ4n) is 0.644. The van der Waals surface area contributed by atoms with Gasteiger partial charge < -0.3 is 4.74 Å². The zero-order valence-corrected chi connectivity index (χ0v) is 4.55. The van der Waals surface area contributed by atoms with Crippen LogP contribution in [0.3, 0.4) is 0 Å². The van der Waals surface area contributed by atoms with Crippen LogP contribution in [0.25, 0.3) is 0 Å². The Morgan fingerprint density at radius 3 is 2.71 bits per heavy atom. The van der Waals surface area contributed by atoms with Crippen LogP contribution in [-0.2, 0) is 4.74 Å². The third-order valence-corrected chi connectivity index (χ3v) is 1.11. The molecule has 7 heavy (non-hydrogen) atoms. The lowest BCUT2D eigenvalue weighted by atomic mass is 10.2. The van der Waals surface area contributed by atoms with Crippen LogP contribution in [-0.4, -0.2) is 12.7 Å². The largest absolute Gasteiger partial charge is 0.374 e. The fourth-order valence-corrected chi connectivity index (χ4v) is 0.644. The topological polar surface area (TPSA) is 9.23 Å². The number of rotatable bonds is 0. The summed E-state index contributed by atoms with van der Waals surface area (Å²) in [5, 5.41) is 0. The average molecular weight is 98.1 g/mol. The molecule has 40 valence electrons. The third-order valence-electron chi connectivity index (χ3n) is 1.11. The van der Waals surface area contributed by atoms with Crippen molar-refractivity contribution in [2.45, 2.75) is 19.4 Å². The minimum Gasteiger partial charge on any atom is -0.374 e. The smallest absolute Gasteiger partial charge is 0.0651 e. The fraction of sp³-hybridized carbons (Fsp3) is 0.667. The summed E-state index contributed by atoms with van der Waals surface area (Å²) in [4.78, 5) is 0. The number of hydrogen-bond acceptors (Lipinski definition) is 1. The first-order chi connectivity index (χ1) is 3.39. The molecule has 1 aliphatic heterocycles. The Labute approximate surface area is 44.0 Å². The van der Waals surface area contributed by atoms with Gasteiger partial charge in [-0.3, -0.25) is 0 Å². The van der Waals surface area contributed by atoms with Crippen LogP contribution in [0.2, 0.25) is 0 Å². The van der Waals surface area contributed by atoms with E-state index in [4.69, 9.17) is 4.74 Å². The molecule has 0 saturated heterocycles. The summed E-state index contributed by atoms with van der Waals surface area (Å²) < 4.78 is 5.19. The quantitative estimate of drug-likeness (QED) is 0.415. The van der Waals surface area contributed by atoms with E-state index < -0.39 is 0 Å². The third kappa shape index (κ3) is 1.32. The van der Waals surface area contributed by atoms with Crippen molar-refractivity contribution in [1.29, 1.82) is 0 Å². The summed E-state index contributed by atoms with van der Waals surface area (Å²) in [6.07, 6.45) is 5.75. The summed E-state index contributed by atoms with van der Waals surface area (Å²) >= 11 is 0. The van der Waals surface area contributed by atoms with Crippen LogP contribution in [0.15, 0.2) is 12.2 Å². The first-order valence-corrected chi connectivity index (χ1v) is 2.66. The van der Waals surface area contributed by atoms with E-state index in [0.29, 0.717) is 6.10 Å². The molecule has 0 saturated carbocycles. The Balaban J connectivity index is 2.32. The van der Waals surface area contributed by atoms with Crippen molar-refractivity contribution in [2.24, 2.45) is 0 Å². The van der Waals surface area contributed by atoms with E-state index in [-0.39, 0.29) is 0 Å². The minimum absolute atomic E-state index is 0.449. The Bertz CT molecular complexity index is 76.2. The van der Waals surface area contributed by atoms with Crippen molar-refractivity contribution in [3.63, 3.8) is 0 Å². The van der Waals surface area contributed by atoms with Gasteiger partial charge in [0.15, 0.2) is 0 Å². The second kappa shape index (κ2) is 2.12. The van der Waals surface area contributed by atoms with E-state index in [1.807, 2.05) is 0 Å². The van der Waals surface area contributed by atoms with Gasteiger partial charge in [0.05, 0.1) is 12.7 Å². The maximum Gasteiger partial charge on any atom is 0.0651 e. The molecule has 0 aliphatic carbocycles. The first-order valence-electron chi connectivity index (χ1n) is 2.66. The molecular formula is C6H10O. The van der Waals surface area contributed by atoms with E-state index in [1.54, 1.807) is 0 Å². The molecule has 1 aliphatic rings. The minimum atomic E-state index is 0.449. The normalized spacial score (nSPS) is 30.7. The lowest BCUT2D eigenvalue weighted by Gasteiger charge is -2.12. The van der Waals surface area contributed by atoms with Gasteiger partial charge >= 0.3 is 0 Å². The predicted molar refractivity (Wildman–Crippen MR) is 29.2 cm³/mol. The lowest BCUT2D eigenvalue weighted by Crippen LogP contribution is -2.09. The van der Waals surface area contributed by atoms with Gasteiger partial charge in [0, 0.05) is 0 Å². The number of ether oxygens (including phenoxy) is 1. The highest BCUT2D eigenvalue weighted by Gasteiger charge is 1.99. The highest BCUT2D eigenvalue weighted by molar-refractivity contribution is 4.87. The zero-order valence-electron chi connectivity index (χ0n) is 4.55. The molecule has 0 fully saturated rings. The summed E-state index contributed by atoms with van der Waals surface area (Å²) in [7, 11) is 0. The lowest BCUT2D eigenvalue weighted by molar-refractivity contribution is 0.0821. The van der Waals surface area contributed by atoms with Gasteiger partial charge in [-0.25, -0.2) is 0 Å². The average Bonchev–Trinajstić information content (AvgIpc) is 1.69. The van der Waals surface area contributed by atoms with Crippen molar-refractivity contribution in [2.75, 3.05) is 6.61 Å². The van der Waals surface area contributed by atoms with Crippen LogP contribution in [0, 0.1) is 0 Å². The molecule has 0 aromatic carbocycles. The molecule has 0 aromatic heterocycles. The molecular weight excluding hydrogens is 88.1 g/mol. The SMILES string of the molecule is C[C@H]1CC=CCO1. The second-order valence-corrected chi connectivity index (χ2v) is 1.85. The highest BCUT2D eigenvalue weighted by atomic mass is 16.5. The number of hydrogen-bond donors (Lipinski definition) is 0. The summed E-state index contributed by atoms with van der Waals surface area (Å²) in [5.41, 5.74) is 0. The molecule has 1 rings (SSSR count). The molecule has 0 radical (unpaired) electrons. The molecule has 1 atom stereocenters. The molecule has 0 bridgehead atoms. The van der Waals surface area contributed by atoms with Gasteiger partial charge in [-0.05, 0) is 13.3 Å². The molecule has 0 amide bonds. The molecule has 0 unspecified atom stereocenters. The van der Waals surface area contributed by atoms with Crippen LogP contribution in [0.1, 0.15) is 13.3 Å². The van der Waals surface area contributed by atoms with Crippen molar-refractivity contribution in [3.8, 4) is 0 Å². The Kier molecular flexibility index (Phi) is 1.47. The van der Waals surface area contributed by atoms with Gasteiger partial charge in [-0.15, -0.1) is 0 Å². The van der Waals surface area contributed by atoms with Gasteiger partial charge in [-0.1, -0.05) is 12.2 Å². The van der Waals surface area contributed by atoms with Crippen LogP contribution in [0.5, 0.6) is 0 Å². The van der Waals surface area contributed by atoms with Crippen LogP contribution in [0.4, 0.5) is 0 Å². The first kappa shape index (κ1) is 4.85. The standard InChI is InChI=1S/C6H10O/c1-6-4-2-3-5-7-6/h2-3,6H,4-5H2,1H3/t6-/m0/s1. The molecule has 0 N–H and O–H groups in total. The Morgan fingerprint density at radius 2 is 2.43 bits per heavy atom. The van der Waals surface area contributed by atoms with E-state index in [2.05, 4.69) is 19.1 Å². The predicted octanol–water partition coefficient (Wildman–Crippen LogP) is 1.35. The van der Waals surface area contributed by atoms with Crippen molar-refractivity contribution >= 4 is 0 Å². The van der Waals surface area contributed by atoms with Crippen molar-refractivity contribution in [1.82, 2.24) is 0 Å². The summed E-state index contributed by atoms with van der Waals surface area (Å²) in [6, 6.07) is 0. The van der Waals surface area contributed by atoms with Gasteiger partial charge in [-0.2, -0.15) is 0 Å². The zero-order chi connectivity index (χ0) is 5.11. The van der Waals surface area contributed by atoms with E-state index in [1.165, 1.54) is 0 Å². The van der Waals surface area contributed by atoms with Crippen LogP contribution >= 0.6 is 0 Å². The van der Waals surface area contributed by atoms with E-state index >= 15 is 0 Å². The maximum atomic E-state index is 5.19. The van der Waals surface area contributed by atoms with E-state index in [0.717, 1.165) is 13.0 Å². The highest BCUT2D eigenvalue weighted by Crippen LogP contribution is 2.02. The van der Waals surface area contributed by atoms with Crippen molar-refractivity contribution in [3.05, 3.63) is 12.2 Å². The van der Waals surface area contributed by atoms with Gasteiger partial charge in [0.25, 0.3) is 0 Å². The van der Waals surface area contributed by atoms with Gasteiger partial charge in [0.2, 0.25) is 0 Å². The summed E-state index contributed by atoms with van der Waals surface area (Å²) in [6.45, 7) is 2.89. The summed E-state index contributed by atoms with van der Waals surface area (Å²) in [5.74, 6) is 0. The molecule has 1 nitrogen and oxygen atoms in total. The molecule has 1 heterocycles. The van der Waals surface area contributed by atoms with Gasteiger partial charge in [0.1, 0.15) is 0 Å². The molecule has 0 spiro atoms. The van der Waals surface area contributed by atoms with Crippen LogP contribution < -0.4 is 0 Å². The maximum absolute atomic E-state index is 5.19. The Hall–Kier alpha value is -0.300. The van der Waals surface area contributed by atoms with Crippen molar-refractivity contribution < 1.29 is 4.74 Å². The monoisotopic (exact) mass is 98.1 g/mol. The van der Waals surface area contributed by atoms with E-state index in [9.17, 15) is 0 Å². The molecule has 0 aromatic rings.